The van der Waals surface area contributed by atoms with Crippen LogP contribution in [0.3, 0.4) is 0 Å². The average Bonchev–Trinajstić information content (AvgIpc) is 3.47. The fraction of sp³-hybridized carbons (Fsp3) is 0.312. The Morgan fingerprint density at radius 3 is 2.36 bits per heavy atom. The topological polar surface area (TPSA) is 94.1 Å². The standard InChI is InChI=1S/C32H37FN4O5/c1-20-25(14-21-15-28(40-5)31(29(16-21)41-6)42-32(39)34-11-13-36(2)3)24-10-9-22(33)17-27(24)26(20)18-30(38)35-19-23-8-7-12-37(23)4/h7-10,12,14-17H,11,13,18-19H2,1-6H3,(H,34,39)(H,35,38). The van der Waals surface area contributed by atoms with Gasteiger partial charge in [0, 0.05) is 32.0 Å². The van der Waals surface area contributed by atoms with Gasteiger partial charge >= 0.3 is 6.09 Å². The molecule has 0 unspecified atom stereocenters. The number of fused-ring (bicyclic) bond motifs is 1. The van der Waals surface area contributed by atoms with Crippen molar-refractivity contribution < 1.29 is 28.2 Å². The van der Waals surface area contributed by atoms with Gasteiger partial charge < -0.3 is 34.3 Å². The van der Waals surface area contributed by atoms with Crippen molar-refractivity contribution in [3.63, 3.8) is 0 Å². The number of methoxy groups -OCH3 is 2. The number of likely N-dealkylation sites (N-methyl/N-ethyl adjacent to an activating group) is 1. The number of aryl methyl sites for hydroxylation is 1. The molecule has 1 heterocycles. The number of amides is 2. The third kappa shape index (κ3) is 7.01. The molecular formula is C32H37FN4O5. The Bertz CT molecular complexity index is 1510. The second kappa shape index (κ2) is 13.4. The first-order valence-corrected chi connectivity index (χ1v) is 13.6. The maximum Gasteiger partial charge on any atom is 0.412 e. The first-order chi connectivity index (χ1) is 20.1. The highest BCUT2D eigenvalue weighted by atomic mass is 19.1. The van der Waals surface area contributed by atoms with Crippen LogP contribution >= 0.6 is 0 Å². The highest BCUT2D eigenvalue weighted by Crippen LogP contribution is 2.45. The lowest BCUT2D eigenvalue weighted by atomic mass is 10.00. The third-order valence-corrected chi connectivity index (χ3v) is 7.13. The SMILES string of the molecule is COc1cc(C=C2C(C)=C(CC(=O)NCc3cccn3C)c3cc(F)ccc32)cc(OC)c1OC(=O)NCCN(C)C. The van der Waals surface area contributed by atoms with Crippen molar-refractivity contribution in [1.82, 2.24) is 20.1 Å². The molecule has 0 bridgehead atoms. The summed E-state index contributed by atoms with van der Waals surface area (Å²) in [5, 5.41) is 5.67. The van der Waals surface area contributed by atoms with Crippen molar-refractivity contribution in [3.05, 3.63) is 82.4 Å². The van der Waals surface area contributed by atoms with Gasteiger partial charge in [0.05, 0.1) is 27.2 Å². The summed E-state index contributed by atoms with van der Waals surface area (Å²) in [5.74, 6) is 0.238. The van der Waals surface area contributed by atoms with Gasteiger partial charge in [-0.1, -0.05) is 6.07 Å². The molecule has 0 saturated heterocycles. The number of ether oxygens (including phenoxy) is 3. The normalized spacial score (nSPS) is 13.4. The Balaban J connectivity index is 1.63. The van der Waals surface area contributed by atoms with E-state index >= 15 is 0 Å². The first-order valence-electron chi connectivity index (χ1n) is 13.6. The molecule has 2 aromatic carbocycles. The maximum atomic E-state index is 14.4. The van der Waals surface area contributed by atoms with Gasteiger partial charge in [0.25, 0.3) is 0 Å². The van der Waals surface area contributed by atoms with Gasteiger partial charge in [-0.05, 0) is 96.9 Å². The van der Waals surface area contributed by atoms with Gasteiger partial charge in [-0.3, -0.25) is 4.79 Å². The molecule has 0 aliphatic heterocycles. The largest absolute Gasteiger partial charge is 0.493 e. The number of hydrogen-bond donors (Lipinski definition) is 2. The molecular weight excluding hydrogens is 539 g/mol. The number of hydrogen-bond acceptors (Lipinski definition) is 6. The summed E-state index contributed by atoms with van der Waals surface area (Å²) in [5.41, 5.74) is 5.65. The summed E-state index contributed by atoms with van der Waals surface area (Å²) in [6.07, 6.45) is 3.32. The Labute approximate surface area is 245 Å². The number of rotatable bonds is 11. The molecule has 10 heteroatoms. The fourth-order valence-electron chi connectivity index (χ4n) is 4.83. The van der Waals surface area contributed by atoms with Crippen molar-refractivity contribution in [3.8, 4) is 17.2 Å². The number of carbonyl (C=O) groups excluding carboxylic acids is 2. The van der Waals surface area contributed by atoms with Gasteiger partial charge in [0.1, 0.15) is 5.82 Å². The van der Waals surface area contributed by atoms with Crippen LogP contribution in [0.2, 0.25) is 0 Å². The Morgan fingerprint density at radius 1 is 1.02 bits per heavy atom. The zero-order valence-electron chi connectivity index (χ0n) is 24.8. The highest BCUT2D eigenvalue weighted by Gasteiger charge is 2.26. The Kier molecular flexibility index (Phi) is 9.69. The molecule has 0 radical (unpaired) electrons. The van der Waals surface area contributed by atoms with Gasteiger partial charge in [-0.25, -0.2) is 9.18 Å². The molecule has 222 valence electrons. The Hall–Kier alpha value is -4.57. The van der Waals surface area contributed by atoms with Gasteiger partial charge in [-0.2, -0.15) is 0 Å². The van der Waals surface area contributed by atoms with Crippen molar-refractivity contribution in [2.24, 2.45) is 7.05 Å². The lowest BCUT2D eigenvalue weighted by Gasteiger charge is -2.16. The van der Waals surface area contributed by atoms with E-state index in [2.05, 4.69) is 10.6 Å². The van der Waals surface area contributed by atoms with Crippen LogP contribution < -0.4 is 24.8 Å². The minimum absolute atomic E-state index is 0.104. The maximum absolute atomic E-state index is 14.4. The van der Waals surface area contributed by atoms with Gasteiger partial charge in [-0.15, -0.1) is 0 Å². The summed E-state index contributed by atoms with van der Waals surface area (Å²) in [6.45, 7) is 3.39. The lowest BCUT2D eigenvalue weighted by molar-refractivity contribution is -0.120. The summed E-state index contributed by atoms with van der Waals surface area (Å²) in [7, 11) is 8.70. The number of nitrogens with one attached hydrogen (secondary N) is 2. The summed E-state index contributed by atoms with van der Waals surface area (Å²) in [6, 6.07) is 11.9. The molecule has 0 fully saturated rings. The van der Waals surface area contributed by atoms with Crippen molar-refractivity contribution in [2.45, 2.75) is 19.9 Å². The third-order valence-electron chi connectivity index (χ3n) is 7.13. The number of benzene rings is 2. The minimum Gasteiger partial charge on any atom is -0.493 e. The van der Waals surface area contributed by atoms with Gasteiger partial charge in [0.2, 0.25) is 11.7 Å². The van der Waals surface area contributed by atoms with Crippen molar-refractivity contribution >= 4 is 29.2 Å². The van der Waals surface area contributed by atoms with E-state index < -0.39 is 6.09 Å². The monoisotopic (exact) mass is 576 g/mol. The summed E-state index contributed by atoms with van der Waals surface area (Å²) in [4.78, 5) is 27.3. The summed E-state index contributed by atoms with van der Waals surface area (Å²) < 4.78 is 33.0. The fourth-order valence-corrected chi connectivity index (χ4v) is 4.83. The highest BCUT2D eigenvalue weighted by molar-refractivity contribution is 6.08. The molecule has 2 N–H and O–H groups in total. The molecule has 1 aliphatic carbocycles. The zero-order valence-corrected chi connectivity index (χ0v) is 24.8. The second-order valence-corrected chi connectivity index (χ2v) is 10.3. The quantitative estimate of drug-likeness (QED) is 0.339. The predicted molar refractivity (Wildman–Crippen MR) is 161 cm³/mol. The first kappa shape index (κ1) is 30.4. The molecule has 1 aromatic heterocycles. The van der Waals surface area contributed by atoms with Crippen LogP contribution in [0.25, 0.3) is 17.2 Å². The van der Waals surface area contributed by atoms with Crippen LogP contribution in [-0.4, -0.2) is 62.9 Å². The smallest absolute Gasteiger partial charge is 0.412 e. The van der Waals surface area contributed by atoms with E-state index in [0.717, 1.165) is 28.0 Å². The zero-order chi connectivity index (χ0) is 30.4. The Morgan fingerprint density at radius 2 is 1.74 bits per heavy atom. The van der Waals surface area contributed by atoms with E-state index in [0.29, 0.717) is 42.3 Å². The van der Waals surface area contributed by atoms with E-state index in [1.807, 2.05) is 61.9 Å². The van der Waals surface area contributed by atoms with Crippen LogP contribution in [0.15, 0.2) is 54.2 Å². The van der Waals surface area contributed by atoms with E-state index in [1.165, 1.54) is 26.4 Å². The molecule has 9 nitrogen and oxygen atoms in total. The van der Waals surface area contributed by atoms with E-state index in [9.17, 15) is 14.0 Å². The average molecular weight is 577 g/mol. The van der Waals surface area contributed by atoms with Crippen molar-refractivity contribution in [2.75, 3.05) is 41.4 Å². The lowest BCUT2D eigenvalue weighted by Crippen LogP contribution is -2.33. The van der Waals surface area contributed by atoms with E-state index in [-0.39, 0.29) is 23.9 Å². The number of aromatic nitrogens is 1. The molecule has 4 rings (SSSR count). The minimum atomic E-state index is -0.625. The summed E-state index contributed by atoms with van der Waals surface area (Å²) >= 11 is 0. The van der Waals surface area contributed by atoms with Crippen LogP contribution in [0, 0.1) is 5.82 Å². The molecule has 3 aromatic rings. The molecule has 42 heavy (non-hydrogen) atoms. The van der Waals surface area contributed by atoms with Crippen LogP contribution in [0.4, 0.5) is 9.18 Å². The van der Waals surface area contributed by atoms with Crippen LogP contribution in [0.1, 0.15) is 35.7 Å². The number of nitrogens with zero attached hydrogens (tertiary/aromatic N) is 2. The second-order valence-electron chi connectivity index (χ2n) is 10.3. The van der Waals surface area contributed by atoms with Crippen LogP contribution in [0.5, 0.6) is 17.2 Å². The number of carbonyl (C=O) groups is 2. The number of allylic oxidation sites excluding steroid dienone is 2. The van der Waals surface area contributed by atoms with E-state index in [4.69, 9.17) is 14.2 Å². The van der Waals surface area contributed by atoms with E-state index in [1.54, 1.807) is 18.2 Å². The molecule has 0 saturated carbocycles. The number of halogens is 1. The molecule has 0 spiro atoms. The predicted octanol–water partition coefficient (Wildman–Crippen LogP) is 4.87. The molecule has 0 atom stereocenters. The molecule has 2 amide bonds. The molecule has 1 aliphatic rings. The van der Waals surface area contributed by atoms with Crippen molar-refractivity contribution in [1.29, 1.82) is 0 Å². The van der Waals surface area contributed by atoms with Crippen LogP contribution in [-0.2, 0) is 18.4 Å². The van der Waals surface area contributed by atoms with Gasteiger partial charge in [0.15, 0.2) is 11.5 Å².